The summed E-state index contributed by atoms with van der Waals surface area (Å²) in [5.74, 6) is 0. The maximum absolute atomic E-state index is 11.4. The Bertz CT molecular complexity index is 414. The minimum Gasteiger partial charge on any atom is -0.396 e. The fraction of sp³-hybridized carbons (Fsp3) is 0.500. The van der Waals surface area contributed by atoms with Crippen LogP contribution in [0.4, 0.5) is 0 Å². The van der Waals surface area contributed by atoms with Gasteiger partial charge in [-0.05, 0) is 31.4 Å². The lowest BCUT2D eigenvalue weighted by atomic mass is 10.2. The number of aliphatic hydroxyl groups is 1. The second-order valence-corrected chi connectivity index (χ2v) is 5.39. The largest absolute Gasteiger partial charge is 0.396 e. The van der Waals surface area contributed by atoms with E-state index in [1.54, 1.807) is 18.3 Å². The quantitative estimate of drug-likeness (QED) is 0.758. The molecule has 0 atom stereocenters. The zero-order valence-corrected chi connectivity index (χ0v) is 9.50. The maximum atomic E-state index is 11.4. The van der Waals surface area contributed by atoms with E-state index in [2.05, 4.69) is 4.98 Å². The summed E-state index contributed by atoms with van der Waals surface area (Å²) in [7, 11) is -3.20. The Hall–Kier alpha value is -0.940. The summed E-state index contributed by atoms with van der Waals surface area (Å²) in [6, 6.07) is 3.18. The summed E-state index contributed by atoms with van der Waals surface area (Å²) in [4.78, 5) is 4.35. The minimum atomic E-state index is -3.20. The second kappa shape index (κ2) is 5.23. The molecule has 15 heavy (non-hydrogen) atoms. The van der Waals surface area contributed by atoms with Gasteiger partial charge in [-0.25, -0.2) is 8.42 Å². The third-order valence-corrected chi connectivity index (χ3v) is 3.24. The van der Waals surface area contributed by atoms with Crippen molar-refractivity contribution in [3.63, 3.8) is 0 Å². The number of nitrogens with zero attached hydrogens (tertiary/aromatic N) is 1. The summed E-state index contributed by atoms with van der Waals surface area (Å²) >= 11 is 0. The number of hydrogen-bond donors (Lipinski definition) is 1. The van der Waals surface area contributed by atoms with E-state index in [-0.39, 0.29) is 6.61 Å². The molecule has 0 fully saturated rings. The van der Waals surface area contributed by atoms with Crippen molar-refractivity contribution in [1.82, 2.24) is 4.98 Å². The number of aromatic nitrogens is 1. The molecule has 5 heteroatoms. The van der Waals surface area contributed by atoms with E-state index in [1.165, 1.54) is 6.26 Å². The molecule has 0 spiro atoms. The van der Waals surface area contributed by atoms with Gasteiger partial charge in [-0.3, -0.25) is 4.98 Å². The fourth-order valence-electron chi connectivity index (χ4n) is 1.35. The van der Waals surface area contributed by atoms with E-state index in [0.717, 1.165) is 6.42 Å². The average molecular weight is 229 g/mol. The molecule has 1 aromatic rings. The second-order valence-electron chi connectivity index (χ2n) is 3.40. The first-order valence-corrected chi connectivity index (χ1v) is 6.69. The van der Waals surface area contributed by atoms with Crippen molar-refractivity contribution in [1.29, 1.82) is 0 Å². The average Bonchev–Trinajstić information content (AvgIpc) is 2.17. The Morgan fingerprint density at radius 2 is 2.13 bits per heavy atom. The van der Waals surface area contributed by atoms with Crippen LogP contribution in [-0.2, 0) is 16.3 Å². The molecular formula is C10H15NO3S. The van der Waals surface area contributed by atoms with Crippen LogP contribution in [-0.4, -0.2) is 31.4 Å². The van der Waals surface area contributed by atoms with Crippen LogP contribution in [0.2, 0.25) is 0 Å². The number of sulfone groups is 1. The van der Waals surface area contributed by atoms with E-state index in [4.69, 9.17) is 5.11 Å². The van der Waals surface area contributed by atoms with Gasteiger partial charge >= 0.3 is 0 Å². The van der Waals surface area contributed by atoms with Gasteiger partial charge in [0.05, 0.1) is 10.6 Å². The molecular weight excluding hydrogens is 214 g/mol. The highest BCUT2D eigenvalue weighted by Gasteiger charge is 2.12. The molecule has 1 rings (SSSR count). The highest BCUT2D eigenvalue weighted by atomic mass is 32.2. The van der Waals surface area contributed by atoms with Crippen molar-refractivity contribution in [2.45, 2.75) is 24.2 Å². The molecule has 1 heterocycles. The molecule has 0 aromatic carbocycles. The van der Waals surface area contributed by atoms with Crippen LogP contribution >= 0.6 is 0 Å². The molecule has 84 valence electrons. The molecule has 0 aliphatic carbocycles. The lowest BCUT2D eigenvalue weighted by molar-refractivity contribution is 0.284. The Morgan fingerprint density at radius 3 is 2.73 bits per heavy atom. The Labute approximate surface area is 89.9 Å². The predicted octanol–water partition coefficient (Wildman–Crippen LogP) is 0.800. The summed E-state index contributed by atoms with van der Waals surface area (Å²) in [5.41, 5.74) is 0.591. The van der Waals surface area contributed by atoms with E-state index in [0.29, 0.717) is 23.4 Å². The zero-order valence-electron chi connectivity index (χ0n) is 8.68. The number of rotatable bonds is 5. The van der Waals surface area contributed by atoms with Crippen LogP contribution in [0, 0.1) is 0 Å². The van der Waals surface area contributed by atoms with Gasteiger partial charge in [0.1, 0.15) is 0 Å². The lowest BCUT2D eigenvalue weighted by Gasteiger charge is -2.05. The molecule has 0 saturated carbocycles. The van der Waals surface area contributed by atoms with E-state index in [1.807, 2.05) is 0 Å². The summed E-state index contributed by atoms with van der Waals surface area (Å²) < 4.78 is 22.8. The van der Waals surface area contributed by atoms with Crippen molar-refractivity contribution in [2.75, 3.05) is 12.9 Å². The molecule has 0 saturated heterocycles. The zero-order chi connectivity index (χ0) is 11.3. The Morgan fingerprint density at radius 1 is 1.40 bits per heavy atom. The van der Waals surface area contributed by atoms with Crippen molar-refractivity contribution in [2.24, 2.45) is 0 Å². The van der Waals surface area contributed by atoms with E-state index in [9.17, 15) is 8.42 Å². The minimum absolute atomic E-state index is 0.126. The summed E-state index contributed by atoms with van der Waals surface area (Å²) in [5, 5.41) is 8.63. The molecule has 0 unspecified atom stereocenters. The molecule has 0 amide bonds. The summed E-state index contributed by atoms with van der Waals surface area (Å²) in [6.45, 7) is 0.126. The first-order valence-electron chi connectivity index (χ1n) is 4.80. The van der Waals surface area contributed by atoms with Crippen LogP contribution < -0.4 is 0 Å². The van der Waals surface area contributed by atoms with Gasteiger partial charge in [0, 0.05) is 19.1 Å². The van der Waals surface area contributed by atoms with Gasteiger partial charge in [0.2, 0.25) is 0 Å². The van der Waals surface area contributed by atoms with Gasteiger partial charge < -0.3 is 5.11 Å². The third-order valence-electron chi connectivity index (χ3n) is 2.07. The topological polar surface area (TPSA) is 67.3 Å². The Balaban J connectivity index is 2.88. The number of aliphatic hydroxyl groups excluding tert-OH is 1. The molecule has 0 bridgehead atoms. The molecule has 0 aliphatic heterocycles. The number of aryl methyl sites for hydroxylation is 1. The SMILES string of the molecule is CS(=O)(=O)c1cccnc1CCCCO. The molecule has 1 aromatic heterocycles. The third kappa shape index (κ3) is 3.60. The smallest absolute Gasteiger partial charge is 0.177 e. The molecule has 4 nitrogen and oxygen atoms in total. The van der Waals surface area contributed by atoms with Crippen LogP contribution in [0.15, 0.2) is 23.2 Å². The first-order chi connectivity index (χ1) is 7.05. The Kier molecular flexibility index (Phi) is 4.23. The predicted molar refractivity (Wildman–Crippen MR) is 57.4 cm³/mol. The molecule has 0 aliphatic rings. The monoisotopic (exact) mass is 229 g/mol. The normalized spacial score (nSPS) is 11.6. The van der Waals surface area contributed by atoms with Crippen LogP contribution in [0.5, 0.6) is 0 Å². The number of pyridine rings is 1. The van der Waals surface area contributed by atoms with Gasteiger partial charge in [0.25, 0.3) is 0 Å². The van der Waals surface area contributed by atoms with Crippen molar-refractivity contribution < 1.29 is 13.5 Å². The number of unbranched alkanes of at least 4 members (excludes halogenated alkanes) is 1. The van der Waals surface area contributed by atoms with E-state index < -0.39 is 9.84 Å². The summed E-state index contributed by atoms with van der Waals surface area (Å²) in [6.07, 6.45) is 4.77. The van der Waals surface area contributed by atoms with Crippen molar-refractivity contribution in [3.05, 3.63) is 24.0 Å². The van der Waals surface area contributed by atoms with Crippen molar-refractivity contribution in [3.8, 4) is 0 Å². The van der Waals surface area contributed by atoms with Gasteiger partial charge in [-0.2, -0.15) is 0 Å². The highest BCUT2D eigenvalue weighted by Crippen LogP contribution is 2.14. The van der Waals surface area contributed by atoms with Gasteiger partial charge in [-0.1, -0.05) is 0 Å². The first kappa shape index (κ1) is 12.1. The van der Waals surface area contributed by atoms with Crippen LogP contribution in [0.1, 0.15) is 18.5 Å². The van der Waals surface area contributed by atoms with Crippen molar-refractivity contribution >= 4 is 9.84 Å². The fourth-order valence-corrected chi connectivity index (χ4v) is 2.26. The van der Waals surface area contributed by atoms with Gasteiger partial charge in [0.15, 0.2) is 9.84 Å². The number of hydrogen-bond acceptors (Lipinski definition) is 4. The lowest BCUT2D eigenvalue weighted by Crippen LogP contribution is -2.04. The van der Waals surface area contributed by atoms with Crippen LogP contribution in [0.3, 0.4) is 0 Å². The highest BCUT2D eigenvalue weighted by molar-refractivity contribution is 7.90. The maximum Gasteiger partial charge on any atom is 0.177 e. The van der Waals surface area contributed by atoms with Crippen LogP contribution in [0.25, 0.3) is 0 Å². The van der Waals surface area contributed by atoms with E-state index >= 15 is 0 Å². The molecule has 0 radical (unpaired) electrons. The molecule has 1 N–H and O–H groups in total. The standard InChI is InChI=1S/C10H15NO3S/c1-15(13,14)10-6-4-7-11-9(10)5-2-3-8-12/h4,6-7,12H,2-3,5,8H2,1H3. The van der Waals surface area contributed by atoms with Gasteiger partial charge in [-0.15, -0.1) is 0 Å².